The second-order valence-corrected chi connectivity index (χ2v) is 7.10. The fourth-order valence-electron chi connectivity index (χ4n) is 3.02. The highest BCUT2D eigenvalue weighted by atomic mass is 35.5. The number of carbonyl (C=O) groups is 1. The third kappa shape index (κ3) is 4.79. The molecular weight excluding hydrogens is 393 g/mol. The van der Waals surface area contributed by atoms with Crippen molar-refractivity contribution >= 4 is 17.6 Å². The number of alkyl halides is 3. The van der Waals surface area contributed by atoms with Crippen molar-refractivity contribution in [3.8, 4) is 16.9 Å². The Morgan fingerprint density at radius 1 is 1.21 bits per heavy atom. The number of carbonyl (C=O) groups excluding carboxylic acids is 1. The molecule has 0 amide bonds. The summed E-state index contributed by atoms with van der Waals surface area (Å²) in [5.41, 5.74) is -0.954. The highest BCUT2D eigenvalue weighted by Gasteiger charge is 2.39. The van der Waals surface area contributed by atoms with Crippen LogP contribution in [0.25, 0.3) is 11.1 Å². The zero-order valence-corrected chi connectivity index (χ0v) is 16.1. The Morgan fingerprint density at radius 3 is 2.46 bits per heavy atom. The Hall–Kier alpha value is -2.21. The lowest BCUT2D eigenvalue weighted by Crippen LogP contribution is -2.17. The molecule has 0 saturated heterocycles. The summed E-state index contributed by atoms with van der Waals surface area (Å²) < 4.78 is 52.9. The summed E-state index contributed by atoms with van der Waals surface area (Å²) >= 11 is 6.33. The number of esters is 1. The second kappa shape index (κ2) is 8.43. The van der Waals surface area contributed by atoms with Crippen LogP contribution in [0.4, 0.5) is 13.2 Å². The molecular formula is C21H20ClF3O3. The van der Waals surface area contributed by atoms with Gasteiger partial charge in [-0.15, -0.1) is 0 Å². The van der Waals surface area contributed by atoms with Gasteiger partial charge in [0.15, 0.2) is 0 Å². The van der Waals surface area contributed by atoms with Gasteiger partial charge < -0.3 is 9.47 Å². The van der Waals surface area contributed by atoms with Gasteiger partial charge in [0.1, 0.15) is 5.75 Å². The van der Waals surface area contributed by atoms with Crippen molar-refractivity contribution < 1.29 is 27.4 Å². The van der Waals surface area contributed by atoms with E-state index < -0.39 is 24.1 Å². The molecule has 150 valence electrons. The van der Waals surface area contributed by atoms with Gasteiger partial charge >= 0.3 is 12.1 Å². The van der Waals surface area contributed by atoms with E-state index >= 15 is 0 Å². The molecule has 0 aliphatic heterocycles. The van der Waals surface area contributed by atoms with Crippen LogP contribution in [0.15, 0.2) is 36.4 Å². The molecule has 0 N–H and O–H groups in total. The topological polar surface area (TPSA) is 35.5 Å². The molecule has 0 aromatic heterocycles. The predicted molar refractivity (Wildman–Crippen MR) is 100 cm³/mol. The molecule has 0 unspecified atom stereocenters. The third-order valence-electron chi connectivity index (χ3n) is 4.46. The van der Waals surface area contributed by atoms with Crippen molar-refractivity contribution in [1.82, 2.24) is 0 Å². The van der Waals surface area contributed by atoms with Crippen molar-refractivity contribution in [1.29, 1.82) is 0 Å². The summed E-state index contributed by atoms with van der Waals surface area (Å²) in [4.78, 5) is 11.9. The van der Waals surface area contributed by atoms with Gasteiger partial charge in [0.25, 0.3) is 0 Å². The minimum Gasteiger partial charge on any atom is -0.491 e. The minimum absolute atomic E-state index is 0.000277. The lowest BCUT2D eigenvalue weighted by atomic mass is 9.92. The summed E-state index contributed by atoms with van der Waals surface area (Å²) in [6.45, 7) is 2.00. The second-order valence-electron chi connectivity index (χ2n) is 6.70. The lowest BCUT2D eigenvalue weighted by molar-refractivity contribution is -0.143. The largest absolute Gasteiger partial charge is 0.491 e. The number of halogens is 4. The summed E-state index contributed by atoms with van der Waals surface area (Å²) in [5, 5.41) is 0.0480. The van der Waals surface area contributed by atoms with Crippen LogP contribution >= 0.6 is 11.6 Å². The molecule has 28 heavy (non-hydrogen) atoms. The fourth-order valence-corrected chi connectivity index (χ4v) is 3.30. The van der Waals surface area contributed by atoms with Gasteiger partial charge in [-0.1, -0.05) is 41.9 Å². The Morgan fingerprint density at radius 2 is 1.89 bits per heavy atom. The van der Waals surface area contributed by atoms with E-state index in [9.17, 15) is 18.0 Å². The van der Waals surface area contributed by atoms with Crippen LogP contribution in [0, 0.1) is 5.92 Å². The fraction of sp³-hybridized carbons (Fsp3) is 0.381. The van der Waals surface area contributed by atoms with Gasteiger partial charge in [-0.05, 0) is 42.9 Å². The maximum atomic E-state index is 14.1. The monoisotopic (exact) mass is 412 g/mol. The average molecular weight is 413 g/mol. The number of hydrogen-bond acceptors (Lipinski definition) is 3. The van der Waals surface area contributed by atoms with Crippen molar-refractivity contribution in [2.24, 2.45) is 5.92 Å². The highest BCUT2D eigenvalue weighted by Crippen LogP contribution is 2.48. The first-order chi connectivity index (χ1) is 13.3. The van der Waals surface area contributed by atoms with E-state index in [1.165, 1.54) is 0 Å². The Balaban J connectivity index is 2.19. The van der Waals surface area contributed by atoms with Crippen molar-refractivity contribution in [2.45, 2.75) is 32.4 Å². The SMILES string of the molecule is CCOC(=O)Cc1cc(Cl)c(OCC2CC2)c(-c2ccccc2)c1C(F)(F)F. The van der Waals surface area contributed by atoms with Gasteiger partial charge in [0, 0.05) is 5.56 Å². The van der Waals surface area contributed by atoms with E-state index in [2.05, 4.69) is 0 Å². The molecule has 0 spiro atoms. The van der Waals surface area contributed by atoms with E-state index in [4.69, 9.17) is 21.1 Å². The molecule has 2 aromatic rings. The third-order valence-corrected chi connectivity index (χ3v) is 4.74. The molecule has 0 bridgehead atoms. The molecule has 3 rings (SSSR count). The Kier molecular flexibility index (Phi) is 6.18. The molecule has 0 heterocycles. The van der Waals surface area contributed by atoms with Gasteiger partial charge in [-0.3, -0.25) is 4.79 Å². The molecule has 1 aliphatic carbocycles. The summed E-state index contributed by atoms with van der Waals surface area (Å²) in [6, 6.07) is 9.30. The quantitative estimate of drug-likeness (QED) is 0.529. The van der Waals surface area contributed by atoms with Gasteiger partial charge in [-0.25, -0.2) is 0 Å². The zero-order valence-electron chi connectivity index (χ0n) is 15.3. The first kappa shape index (κ1) is 20.5. The van der Waals surface area contributed by atoms with E-state index in [-0.39, 0.29) is 28.5 Å². The Labute approximate surface area is 166 Å². The molecule has 2 aromatic carbocycles. The molecule has 1 aliphatic rings. The summed E-state index contributed by atoms with van der Waals surface area (Å²) in [6.07, 6.45) is -3.24. The van der Waals surface area contributed by atoms with Gasteiger partial charge in [-0.2, -0.15) is 13.2 Å². The molecule has 7 heteroatoms. The molecule has 1 fully saturated rings. The van der Waals surface area contributed by atoms with Crippen LogP contribution < -0.4 is 4.74 Å². The van der Waals surface area contributed by atoms with Crippen LogP contribution in [-0.2, 0) is 22.1 Å². The number of rotatable bonds is 7. The first-order valence-corrected chi connectivity index (χ1v) is 9.45. The maximum absolute atomic E-state index is 14.1. The summed E-state index contributed by atoms with van der Waals surface area (Å²) in [5.74, 6) is -0.400. The highest BCUT2D eigenvalue weighted by molar-refractivity contribution is 6.32. The predicted octanol–water partition coefficient (Wildman–Crippen LogP) is 5.92. The molecule has 1 saturated carbocycles. The number of hydrogen-bond donors (Lipinski definition) is 0. The van der Waals surface area contributed by atoms with Crippen molar-refractivity contribution in [3.05, 3.63) is 52.5 Å². The smallest absolute Gasteiger partial charge is 0.417 e. The zero-order chi connectivity index (χ0) is 20.3. The van der Waals surface area contributed by atoms with Crippen molar-refractivity contribution in [3.63, 3.8) is 0 Å². The van der Waals surface area contributed by atoms with Crippen LogP contribution in [0.5, 0.6) is 5.75 Å². The average Bonchev–Trinajstić information content (AvgIpc) is 3.44. The van der Waals surface area contributed by atoms with Crippen LogP contribution in [-0.4, -0.2) is 19.2 Å². The maximum Gasteiger partial charge on any atom is 0.417 e. The number of benzene rings is 2. The Bertz CT molecular complexity index is 846. The molecule has 0 atom stereocenters. The van der Waals surface area contributed by atoms with Crippen LogP contribution in [0.1, 0.15) is 30.9 Å². The van der Waals surface area contributed by atoms with E-state index in [0.29, 0.717) is 18.1 Å². The standard InChI is InChI=1S/C21H20ClF3O3/c1-2-27-17(26)11-15-10-16(22)20(28-12-13-8-9-13)18(19(15)21(23,24)25)14-6-4-3-5-7-14/h3-7,10,13H,2,8-9,11-12H2,1H3. The van der Waals surface area contributed by atoms with E-state index in [1.54, 1.807) is 37.3 Å². The van der Waals surface area contributed by atoms with Crippen molar-refractivity contribution in [2.75, 3.05) is 13.2 Å². The summed E-state index contributed by atoms with van der Waals surface area (Å²) in [7, 11) is 0. The first-order valence-electron chi connectivity index (χ1n) is 9.07. The van der Waals surface area contributed by atoms with Crippen LogP contribution in [0.2, 0.25) is 5.02 Å². The molecule has 0 radical (unpaired) electrons. The normalized spacial score (nSPS) is 14.0. The van der Waals surface area contributed by atoms with E-state index in [1.807, 2.05) is 0 Å². The van der Waals surface area contributed by atoms with Gasteiger partial charge in [0.2, 0.25) is 0 Å². The van der Waals surface area contributed by atoms with Gasteiger partial charge in [0.05, 0.1) is 30.2 Å². The molecule has 3 nitrogen and oxygen atoms in total. The number of ether oxygens (including phenoxy) is 2. The minimum atomic E-state index is -4.70. The van der Waals surface area contributed by atoms with E-state index in [0.717, 1.165) is 18.9 Å². The van der Waals surface area contributed by atoms with Crippen LogP contribution in [0.3, 0.4) is 0 Å². The lowest BCUT2D eigenvalue weighted by Gasteiger charge is -2.22.